The maximum absolute atomic E-state index is 12.9. The van der Waals surface area contributed by atoms with Crippen molar-refractivity contribution in [2.45, 2.75) is 39.5 Å². The van der Waals surface area contributed by atoms with Gasteiger partial charge in [-0.05, 0) is 48.7 Å². The molecule has 0 saturated heterocycles. The first-order valence-corrected chi connectivity index (χ1v) is 8.38. The van der Waals surface area contributed by atoms with Crippen LogP contribution < -0.4 is 14.8 Å². The lowest BCUT2D eigenvalue weighted by Crippen LogP contribution is -2.24. The van der Waals surface area contributed by atoms with Crippen molar-refractivity contribution in [1.82, 2.24) is 5.32 Å². The van der Waals surface area contributed by atoms with E-state index in [1.54, 1.807) is 19.2 Å². The van der Waals surface area contributed by atoms with E-state index in [2.05, 4.69) is 19.2 Å². The summed E-state index contributed by atoms with van der Waals surface area (Å²) in [6.07, 6.45) is 1.06. The molecule has 2 rings (SSSR count). The molecule has 0 fully saturated rings. The van der Waals surface area contributed by atoms with Crippen molar-refractivity contribution in [2.75, 3.05) is 7.11 Å². The predicted octanol–water partition coefficient (Wildman–Crippen LogP) is 4.95. The van der Waals surface area contributed by atoms with Gasteiger partial charge < -0.3 is 14.8 Å². The number of methoxy groups -OCH3 is 1. The molecule has 130 valence electrons. The highest BCUT2D eigenvalue weighted by Gasteiger charge is 2.13. The fourth-order valence-corrected chi connectivity index (χ4v) is 2.48. The third-order valence-corrected chi connectivity index (χ3v) is 4.13. The molecule has 2 aromatic rings. The van der Waals surface area contributed by atoms with Gasteiger partial charge >= 0.3 is 0 Å². The summed E-state index contributed by atoms with van der Waals surface area (Å²) in [5.41, 5.74) is 1.89. The van der Waals surface area contributed by atoms with Crippen LogP contribution in [-0.2, 0) is 13.2 Å². The molecular weight excluding hydrogens is 329 g/mol. The number of benzene rings is 2. The van der Waals surface area contributed by atoms with Gasteiger partial charge in [0.05, 0.1) is 12.1 Å². The summed E-state index contributed by atoms with van der Waals surface area (Å²) in [6, 6.07) is 10.4. The molecular formula is C19H23ClFNO2. The Morgan fingerprint density at radius 1 is 1.17 bits per heavy atom. The largest absolute Gasteiger partial charge is 0.493 e. The Hall–Kier alpha value is -1.78. The van der Waals surface area contributed by atoms with Crippen LogP contribution in [0.2, 0.25) is 5.02 Å². The van der Waals surface area contributed by atoms with E-state index in [1.807, 2.05) is 12.1 Å². The minimum Gasteiger partial charge on any atom is -0.493 e. The van der Waals surface area contributed by atoms with E-state index in [4.69, 9.17) is 21.1 Å². The third-order valence-electron chi connectivity index (χ3n) is 3.85. The SMILES string of the molecule is CC[C@@H](C)NCc1cc(Cl)c(OCc2ccc(F)cc2)c(OC)c1. The molecule has 0 heterocycles. The molecule has 0 spiro atoms. The second-order valence-electron chi connectivity index (χ2n) is 5.71. The Balaban J connectivity index is 2.10. The van der Waals surface area contributed by atoms with Crippen molar-refractivity contribution in [3.63, 3.8) is 0 Å². The first-order chi connectivity index (χ1) is 11.5. The van der Waals surface area contributed by atoms with Crippen molar-refractivity contribution in [3.8, 4) is 11.5 Å². The summed E-state index contributed by atoms with van der Waals surface area (Å²) < 4.78 is 24.1. The summed E-state index contributed by atoms with van der Waals surface area (Å²) in [5.74, 6) is 0.814. The fraction of sp³-hybridized carbons (Fsp3) is 0.368. The maximum atomic E-state index is 12.9. The van der Waals surface area contributed by atoms with Gasteiger partial charge in [-0.3, -0.25) is 0 Å². The Kier molecular flexibility index (Phi) is 6.88. The number of hydrogen-bond donors (Lipinski definition) is 1. The maximum Gasteiger partial charge on any atom is 0.180 e. The van der Waals surface area contributed by atoms with E-state index in [1.165, 1.54) is 12.1 Å². The van der Waals surface area contributed by atoms with Crippen molar-refractivity contribution >= 4 is 11.6 Å². The minimum atomic E-state index is -0.271. The summed E-state index contributed by atoms with van der Waals surface area (Å²) in [7, 11) is 1.59. The summed E-state index contributed by atoms with van der Waals surface area (Å²) in [5, 5.41) is 3.92. The van der Waals surface area contributed by atoms with Gasteiger partial charge in [-0.15, -0.1) is 0 Å². The average Bonchev–Trinajstić information content (AvgIpc) is 2.59. The highest BCUT2D eigenvalue weighted by molar-refractivity contribution is 6.32. The van der Waals surface area contributed by atoms with Crippen LogP contribution in [0.3, 0.4) is 0 Å². The quantitative estimate of drug-likeness (QED) is 0.729. The molecule has 3 nitrogen and oxygen atoms in total. The number of nitrogens with one attached hydrogen (secondary N) is 1. The standard InChI is InChI=1S/C19H23ClFNO2/c1-4-13(2)22-11-15-9-17(20)19(18(10-15)23-3)24-12-14-5-7-16(21)8-6-14/h5-10,13,22H,4,11-12H2,1-3H3/t13-/m1/s1. The van der Waals surface area contributed by atoms with Gasteiger partial charge in [0, 0.05) is 12.6 Å². The van der Waals surface area contributed by atoms with E-state index in [-0.39, 0.29) is 5.82 Å². The van der Waals surface area contributed by atoms with Gasteiger partial charge in [-0.25, -0.2) is 4.39 Å². The lowest BCUT2D eigenvalue weighted by atomic mass is 10.1. The second kappa shape index (κ2) is 8.90. The summed E-state index contributed by atoms with van der Waals surface area (Å²) in [6.45, 7) is 5.28. The molecule has 1 N–H and O–H groups in total. The summed E-state index contributed by atoms with van der Waals surface area (Å²) >= 11 is 6.36. The van der Waals surface area contributed by atoms with E-state index < -0.39 is 0 Å². The molecule has 0 aliphatic heterocycles. The normalized spacial score (nSPS) is 12.0. The fourth-order valence-electron chi connectivity index (χ4n) is 2.19. The monoisotopic (exact) mass is 351 g/mol. The molecule has 0 unspecified atom stereocenters. The number of hydrogen-bond acceptors (Lipinski definition) is 3. The number of rotatable bonds is 8. The van der Waals surface area contributed by atoms with Gasteiger partial charge in [-0.2, -0.15) is 0 Å². The Morgan fingerprint density at radius 2 is 1.88 bits per heavy atom. The molecule has 0 aliphatic carbocycles. The second-order valence-corrected chi connectivity index (χ2v) is 6.12. The Morgan fingerprint density at radius 3 is 2.50 bits per heavy atom. The molecule has 2 aromatic carbocycles. The van der Waals surface area contributed by atoms with Gasteiger partial charge in [0.1, 0.15) is 12.4 Å². The zero-order valence-electron chi connectivity index (χ0n) is 14.2. The van der Waals surface area contributed by atoms with Crippen LogP contribution in [0.15, 0.2) is 36.4 Å². The van der Waals surface area contributed by atoms with Crippen LogP contribution >= 0.6 is 11.6 Å². The van der Waals surface area contributed by atoms with Crippen LogP contribution in [0, 0.1) is 5.82 Å². The van der Waals surface area contributed by atoms with Crippen molar-refractivity contribution in [3.05, 3.63) is 58.4 Å². The Bertz CT molecular complexity index is 661. The van der Waals surface area contributed by atoms with Crippen molar-refractivity contribution in [2.24, 2.45) is 0 Å². The zero-order chi connectivity index (χ0) is 17.5. The van der Waals surface area contributed by atoms with Crippen molar-refractivity contribution in [1.29, 1.82) is 0 Å². The minimum absolute atomic E-state index is 0.271. The average molecular weight is 352 g/mol. The smallest absolute Gasteiger partial charge is 0.180 e. The highest BCUT2D eigenvalue weighted by Crippen LogP contribution is 2.37. The number of halogens is 2. The lowest BCUT2D eigenvalue weighted by Gasteiger charge is -2.16. The van der Waals surface area contributed by atoms with Crippen LogP contribution in [0.1, 0.15) is 31.4 Å². The first-order valence-electron chi connectivity index (χ1n) is 8.00. The molecule has 0 saturated carbocycles. The molecule has 0 bridgehead atoms. The van der Waals surface area contributed by atoms with E-state index >= 15 is 0 Å². The zero-order valence-corrected chi connectivity index (χ0v) is 15.0. The Labute approximate surface area is 147 Å². The van der Waals surface area contributed by atoms with Gasteiger partial charge in [-0.1, -0.05) is 30.7 Å². The van der Waals surface area contributed by atoms with Crippen LogP contribution in [-0.4, -0.2) is 13.2 Å². The molecule has 1 atom stereocenters. The third kappa shape index (κ3) is 5.11. The summed E-state index contributed by atoms with van der Waals surface area (Å²) in [4.78, 5) is 0. The number of ether oxygens (including phenoxy) is 2. The lowest BCUT2D eigenvalue weighted by molar-refractivity contribution is 0.284. The van der Waals surface area contributed by atoms with E-state index in [0.29, 0.717) is 35.7 Å². The molecule has 24 heavy (non-hydrogen) atoms. The van der Waals surface area contributed by atoms with E-state index in [0.717, 1.165) is 17.5 Å². The van der Waals surface area contributed by atoms with Gasteiger partial charge in [0.15, 0.2) is 11.5 Å². The first kappa shape index (κ1) is 18.6. The highest BCUT2D eigenvalue weighted by atomic mass is 35.5. The van der Waals surface area contributed by atoms with E-state index in [9.17, 15) is 4.39 Å². The van der Waals surface area contributed by atoms with Gasteiger partial charge in [0.2, 0.25) is 0 Å². The predicted molar refractivity (Wildman–Crippen MR) is 95.3 cm³/mol. The molecule has 0 aliphatic rings. The molecule has 5 heteroatoms. The topological polar surface area (TPSA) is 30.5 Å². The van der Waals surface area contributed by atoms with Crippen molar-refractivity contribution < 1.29 is 13.9 Å². The van der Waals surface area contributed by atoms with Crippen LogP contribution in [0.5, 0.6) is 11.5 Å². The van der Waals surface area contributed by atoms with Crippen LogP contribution in [0.25, 0.3) is 0 Å². The van der Waals surface area contributed by atoms with Crippen LogP contribution in [0.4, 0.5) is 4.39 Å². The molecule has 0 amide bonds. The molecule has 0 aromatic heterocycles. The molecule has 0 radical (unpaired) electrons. The van der Waals surface area contributed by atoms with Gasteiger partial charge in [0.25, 0.3) is 0 Å².